The van der Waals surface area contributed by atoms with E-state index in [9.17, 15) is 14.4 Å². The van der Waals surface area contributed by atoms with E-state index in [1.807, 2.05) is 20.8 Å². The first-order valence-corrected chi connectivity index (χ1v) is 9.83. The number of carbonyl (C=O) groups is 3. The first-order chi connectivity index (χ1) is 13.3. The van der Waals surface area contributed by atoms with Gasteiger partial charge < -0.3 is 19.3 Å². The highest BCUT2D eigenvalue weighted by Crippen LogP contribution is 2.33. The molecule has 0 unspecified atom stereocenters. The van der Waals surface area contributed by atoms with Crippen LogP contribution in [0.4, 0.5) is 5.00 Å². The topological polar surface area (TPSA) is 108 Å². The molecule has 2 aromatic rings. The number of amides is 1. The summed E-state index contributed by atoms with van der Waals surface area (Å²) in [4.78, 5) is 37.6. The first kappa shape index (κ1) is 21.6. The standard InChI is InChI=1S/C19H24N2O6S/c1-6-13-16(11(5)27-21-13)19(24)26-9-15(22)20-17-12(18(23)25-7-2)8-14(28-17)10(3)4/h8,10H,6-7,9H2,1-5H3,(H,20,22). The predicted octanol–water partition coefficient (Wildman–Crippen LogP) is 3.70. The number of nitrogens with one attached hydrogen (secondary N) is 1. The number of aromatic nitrogens is 1. The van der Waals surface area contributed by atoms with Crippen molar-refractivity contribution >= 4 is 34.2 Å². The van der Waals surface area contributed by atoms with Crippen molar-refractivity contribution in [3.8, 4) is 0 Å². The molecule has 2 heterocycles. The van der Waals surface area contributed by atoms with Crippen molar-refractivity contribution in [3.05, 3.63) is 33.5 Å². The Morgan fingerprint density at radius 3 is 2.54 bits per heavy atom. The minimum absolute atomic E-state index is 0.186. The van der Waals surface area contributed by atoms with Gasteiger partial charge in [-0.2, -0.15) is 0 Å². The van der Waals surface area contributed by atoms with Gasteiger partial charge in [0.1, 0.15) is 16.3 Å². The van der Waals surface area contributed by atoms with Crippen LogP contribution in [0.1, 0.15) is 70.7 Å². The molecule has 0 saturated heterocycles. The highest BCUT2D eigenvalue weighted by molar-refractivity contribution is 7.16. The highest BCUT2D eigenvalue weighted by Gasteiger charge is 2.23. The number of thiophene rings is 1. The molecule has 152 valence electrons. The largest absolute Gasteiger partial charge is 0.462 e. The molecule has 0 saturated carbocycles. The Morgan fingerprint density at radius 2 is 1.93 bits per heavy atom. The maximum absolute atomic E-state index is 12.3. The second kappa shape index (κ2) is 9.50. The summed E-state index contributed by atoms with van der Waals surface area (Å²) in [6.45, 7) is 8.86. The van der Waals surface area contributed by atoms with Gasteiger partial charge in [-0.15, -0.1) is 11.3 Å². The fraction of sp³-hybridized carbons (Fsp3) is 0.474. The van der Waals surface area contributed by atoms with Gasteiger partial charge in [0.05, 0.1) is 17.9 Å². The minimum Gasteiger partial charge on any atom is -0.462 e. The summed E-state index contributed by atoms with van der Waals surface area (Å²) in [6.07, 6.45) is 0.504. The monoisotopic (exact) mass is 408 g/mol. The van der Waals surface area contributed by atoms with E-state index in [-0.39, 0.29) is 18.1 Å². The van der Waals surface area contributed by atoms with Crippen molar-refractivity contribution in [2.75, 3.05) is 18.5 Å². The lowest BCUT2D eigenvalue weighted by atomic mass is 10.1. The molecule has 0 aliphatic rings. The number of rotatable bonds is 8. The zero-order valence-corrected chi connectivity index (χ0v) is 17.4. The Morgan fingerprint density at radius 1 is 1.21 bits per heavy atom. The third-order valence-electron chi connectivity index (χ3n) is 3.88. The van der Waals surface area contributed by atoms with Crippen LogP contribution in [-0.2, 0) is 20.7 Å². The zero-order chi connectivity index (χ0) is 20.8. The van der Waals surface area contributed by atoms with Gasteiger partial charge >= 0.3 is 11.9 Å². The third-order valence-corrected chi connectivity index (χ3v) is 5.23. The molecule has 0 atom stereocenters. The zero-order valence-electron chi connectivity index (χ0n) is 16.6. The van der Waals surface area contributed by atoms with Gasteiger partial charge in [-0.3, -0.25) is 4.79 Å². The summed E-state index contributed by atoms with van der Waals surface area (Å²) in [6, 6.07) is 1.71. The average Bonchev–Trinajstić information content (AvgIpc) is 3.23. The summed E-state index contributed by atoms with van der Waals surface area (Å²) in [5.41, 5.74) is 1.01. The van der Waals surface area contributed by atoms with Crippen LogP contribution in [0.15, 0.2) is 10.6 Å². The van der Waals surface area contributed by atoms with Crippen molar-refractivity contribution in [2.45, 2.75) is 47.0 Å². The van der Waals surface area contributed by atoms with E-state index in [0.717, 1.165) is 4.88 Å². The number of nitrogens with zero attached hydrogens (tertiary/aromatic N) is 1. The summed E-state index contributed by atoms with van der Waals surface area (Å²) in [7, 11) is 0. The quantitative estimate of drug-likeness (QED) is 0.664. The Balaban J connectivity index is 2.07. The second-order valence-corrected chi connectivity index (χ2v) is 7.39. The molecule has 0 aliphatic heterocycles. The number of anilines is 1. The fourth-order valence-corrected chi connectivity index (χ4v) is 3.50. The van der Waals surface area contributed by atoms with Crippen LogP contribution < -0.4 is 5.32 Å². The van der Waals surface area contributed by atoms with Gasteiger partial charge in [0, 0.05) is 4.88 Å². The van der Waals surface area contributed by atoms with Crippen LogP contribution in [0.3, 0.4) is 0 Å². The van der Waals surface area contributed by atoms with Crippen LogP contribution in [0, 0.1) is 6.92 Å². The lowest BCUT2D eigenvalue weighted by Crippen LogP contribution is -2.22. The van der Waals surface area contributed by atoms with Gasteiger partial charge in [-0.05, 0) is 32.3 Å². The average molecular weight is 408 g/mol. The van der Waals surface area contributed by atoms with Crippen molar-refractivity contribution in [1.82, 2.24) is 5.16 Å². The van der Waals surface area contributed by atoms with Crippen molar-refractivity contribution in [1.29, 1.82) is 0 Å². The molecular weight excluding hydrogens is 384 g/mol. The third kappa shape index (κ3) is 4.98. The molecule has 0 radical (unpaired) electrons. The van der Waals surface area contributed by atoms with E-state index in [1.54, 1.807) is 19.9 Å². The van der Waals surface area contributed by atoms with Crippen LogP contribution in [0.5, 0.6) is 0 Å². The molecule has 1 amide bonds. The first-order valence-electron chi connectivity index (χ1n) is 9.01. The van der Waals surface area contributed by atoms with Crippen LogP contribution >= 0.6 is 11.3 Å². The molecule has 0 fully saturated rings. The predicted molar refractivity (Wildman–Crippen MR) is 104 cm³/mol. The molecule has 0 aromatic carbocycles. The molecule has 8 nitrogen and oxygen atoms in total. The summed E-state index contributed by atoms with van der Waals surface area (Å²) in [5, 5.41) is 6.80. The molecule has 1 N–H and O–H groups in total. The summed E-state index contributed by atoms with van der Waals surface area (Å²) >= 11 is 1.29. The molecule has 2 rings (SSSR count). The summed E-state index contributed by atoms with van der Waals surface area (Å²) < 4.78 is 15.1. The SMILES string of the molecule is CCOC(=O)c1cc(C(C)C)sc1NC(=O)COC(=O)c1c(CC)noc1C. The van der Waals surface area contributed by atoms with Gasteiger partial charge in [0.25, 0.3) is 5.91 Å². The highest BCUT2D eigenvalue weighted by atomic mass is 32.1. The van der Waals surface area contributed by atoms with Crippen LogP contribution in [0.25, 0.3) is 0 Å². The maximum Gasteiger partial charge on any atom is 0.344 e. The minimum atomic E-state index is -0.676. The van der Waals surface area contributed by atoms with Crippen LogP contribution in [0.2, 0.25) is 0 Å². The van der Waals surface area contributed by atoms with Crippen molar-refractivity contribution < 1.29 is 28.4 Å². The molecule has 0 spiro atoms. The number of hydrogen-bond acceptors (Lipinski definition) is 8. The smallest absolute Gasteiger partial charge is 0.344 e. The number of esters is 2. The Labute approximate surface area is 167 Å². The molecule has 9 heteroatoms. The Bertz CT molecular complexity index is 868. The van der Waals surface area contributed by atoms with Crippen LogP contribution in [-0.4, -0.2) is 36.2 Å². The number of carbonyl (C=O) groups excluding carboxylic acids is 3. The fourth-order valence-electron chi connectivity index (χ4n) is 2.43. The molecule has 28 heavy (non-hydrogen) atoms. The molecular formula is C19H24N2O6S. The number of hydrogen-bond donors (Lipinski definition) is 1. The van der Waals surface area contributed by atoms with E-state index >= 15 is 0 Å². The number of aryl methyl sites for hydroxylation is 2. The van der Waals surface area contributed by atoms with Crippen molar-refractivity contribution in [2.24, 2.45) is 0 Å². The van der Waals surface area contributed by atoms with Crippen molar-refractivity contribution in [3.63, 3.8) is 0 Å². The van der Waals surface area contributed by atoms with Gasteiger partial charge in [0.15, 0.2) is 6.61 Å². The van der Waals surface area contributed by atoms with Gasteiger partial charge in [0.2, 0.25) is 0 Å². The lowest BCUT2D eigenvalue weighted by Gasteiger charge is -2.07. The van der Waals surface area contributed by atoms with Gasteiger partial charge in [-0.1, -0.05) is 25.9 Å². The van der Waals surface area contributed by atoms with E-state index in [0.29, 0.717) is 28.4 Å². The van der Waals surface area contributed by atoms with E-state index < -0.39 is 24.5 Å². The second-order valence-electron chi connectivity index (χ2n) is 6.31. The molecule has 2 aromatic heterocycles. The number of ether oxygens (including phenoxy) is 2. The van der Waals surface area contributed by atoms with E-state index in [2.05, 4.69) is 10.5 Å². The van der Waals surface area contributed by atoms with E-state index in [1.165, 1.54) is 11.3 Å². The Hall–Kier alpha value is -2.68. The Kier molecular flexibility index (Phi) is 7.33. The lowest BCUT2D eigenvalue weighted by molar-refractivity contribution is -0.119. The maximum atomic E-state index is 12.3. The van der Waals surface area contributed by atoms with Gasteiger partial charge in [-0.25, -0.2) is 9.59 Å². The molecule has 0 bridgehead atoms. The normalized spacial score (nSPS) is 10.8. The van der Waals surface area contributed by atoms with E-state index in [4.69, 9.17) is 14.0 Å². The summed E-state index contributed by atoms with van der Waals surface area (Å²) in [5.74, 6) is -1.21. The molecule has 0 aliphatic carbocycles.